The Hall–Kier alpha value is -1.97. The largest absolute Gasteiger partial charge is 0.338 e. The number of nitrogens with zero attached hydrogens (tertiary/aromatic N) is 2. The van der Waals surface area contributed by atoms with E-state index in [1.54, 1.807) is 4.90 Å². The lowest BCUT2D eigenvalue weighted by Gasteiger charge is -2.21. The molecule has 1 fully saturated rings. The molecule has 9 heteroatoms. The van der Waals surface area contributed by atoms with Gasteiger partial charge in [0, 0.05) is 49.3 Å². The Kier molecular flexibility index (Phi) is 6.60. The van der Waals surface area contributed by atoms with Crippen molar-refractivity contribution in [3.63, 3.8) is 0 Å². The summed E-state index contributed by atoms with van der Waals surface area (Å²) in [6, 6.07) is 9.27. The van der Waals surface area contributed by atoms with Crippen molar-refractivity contribution < 1.29 is 22.0 Å². The molecule has 0 radical (unpaired) electrons. The summed E-state index contributed by atoms with van der Waals surface area (Å²) in [6.07, 6.45) is 0.504. The molecule has 0 aliphatic carbocycles. The predicted molar refractivity (Wildman–Crippen MR) is 109 cm³/mol. The molecule has 0 saturated carbocycles. The fourth-order valence-electron chi connectivity index (χ4n) is 3.15. The summed E-state index contributed by atoms with van der Waals surface area (Å²) in [4.78, 5) is 14.6. The molecule has 29 heavy (non-hydrogen) atoms. The Morgan fingerprint density at radius 3 is 2.45 bits per heavy atom. The van der Waals surface area contributed by atoms with Gasteiger partial charge in [0.15, 0.2) is 0 Å². The highest BCUT2D eigenvalue weighted by Crippen LogP contribution is 2.36. The summed E-state index contributed by atoms with van der Waals surface area (Å²) in [5, 5.41) is -0.226. The summed E-state index contributed by atoms with van der Waals surface area (Å²) in [5.41, 5.74) is 0.714. The highest BCUT2D eigenvalue weighted by molar-refractivity contribution is 7.99. The molecule has 1 atom stereocenters. The molecular formula is C20H22F2N2O3S2. The maximum absolute atomic E-state index is 14.1. The molecule has 2 aromatic rings. The van der Waals surface area contributed by atoms with Crippen LogP contribution in [0.15, 0.2) is 47.4 Å². The SMILES string of the molecule is CN(C)S(=O)(=O)c1ccc(C(=O)N2CCSC(c3cc(F)ccc3F)CC2)cc1. The number of sulfonamides is 1. The standard InChI is InChI=1S/C20H22F2N2O3S2/c1-23(2)29(26,27)16-6-3-14(4-7-16)20(25)24-10-9-19(28-12-11-24)17-13-15(21)5-8-18(17)22/h3-8,13,19H,9-12H2,1-2H3. The van der Waals surface area contributed by atoms with Crippen molar-refractivity contribution in [1.82, 2.24) is 9.21 Å². The minimum absolute atomic E-state index is 0.118. The molecule has 156 valence electrons. The van der Waals surface area contributed by atoms with E-state index in [1.807, 2.05) is 0 Å². The van der Waals surface area contributed by atoms with Crippen LogP contribution in [-0.4, -0.2) is 56.5 Å². The molecule has 1 unspecified atom stereocenters. The minimum Gasteiger partial charge on any atom is -0.338 e. The molecule has 0 bridgehead atoms. The van der Waals surface area contributed by atoms with Crippen molar-refractivity contribution in [1.29, 1.82) is 0 Å². The number of rotatable bonds is 4. The van der Waals surface area contributed by atoms with Crippen molar-refractivity contribution >= 4 is 27.7 Å². The molecule has 2 aromatic carbocycles. The van der Waals surface area contributed by atoms with Crippen LogP contribution in [0.4, 0.5) is 8.78 Å². The van der Waals surface area contributed by atoms with Gasteiger partial charge in [-0.3, -0.25) is 4.79 Å². The van der Waals surface area contributed by atoms with Crippen molar-refractivity contribution in [2.45, 2.75) is 16.6 Å². The summed E-state index contributed by atoms with van der Waals surface area (Å²) in [6.45, 7) is 0.888. The topological polar surface area (TPSA) is 57.7 Å². The smallest absolute Gasteiger partial charge is 0.253 e. The van der Waals surface area contributed by atoms with Gasteiger partial charge < -0.3 is 4.90 Å². The quantitative estimate of drug-likeness (QED) is 0.730. The number of hydrogen-bond acceptors (Lipinski definition) is 4. The number of halogens is 2. The summed E-state index contributed by atoms with van der Waals surface area (Å²) in [7, 11) is -0.665. The van der Waals surface area contributed by atoms with Gasteiger partial charge in [-0.25, -0.2) is 21.5 Å². The lowest BCUT2D eigenvalue weighted by Crippen LogP contribution is -2.33. The van der Waals surface area contributed by atoms with Crippen molar-refractivity contribution in [3.05, 3.63) is 65.2 Å². The van der Waals surface area contributed by atoms with E-state index < -0.39 is 21.7 Å². The first-order chi connectivity index (χ1) is 13.7. The van der Waals surface area contributed by atoms with Gasteiger partial charge in [-0.05, 0) is 48.9 Å². The lowest BCUT2D eigenvalue weighted by atomic mass is 10.1. The van der Waals surface area contributed by atoms with Crippen LogP contribution in [0, 0.1) is 11.6 Å². The van der Waals surface area contributed by atoms with Crippen LogP contribution >= 0.6 is 11.8 Å². The van der Waals surface area contributed by atoms with Gasteiger partial charge in [0.25, 0.3) is 5.91 Å². The van der Waals surface area contributed by atoms with Gasteiger partial charge in [-0.15, -0.1) is 0 Å². The molecule has 1 aliphatic heterocycles. The number of benzene rings is 2. The first-order valence-corrected chi connectivity index (χ1v) is 11.6. The monoisotopic (exact) mass is 440 g/mol. The molecule has 1 heterocycles. The molecule has 0 spiro atoms. The van der Waals surface area contributed by atoms with Crippen LogP contribution < -0.4 is 0 Å². The summed E-state index contributed by atoms with van der Waals surface area (Å²) >= 11 is 1.50. The van der Waals surface area contributed by atoms with Gasteiger partial charge >= 0.3 is 0 Å². The van der Waals surface area contributed by atoms with Crippen molar-refractivity contribution in [2.75, 3.05) is 32.9 Å². The molecule has 0 N–H and O–H groups in total. The van der Waals surface area contributed by atoms with Gasteiger partial charge in [0.05, 0.1) is 4.90 Å². The van der Waals surface area contributed by atoms with Crippen molar-refractivity contribution in [3.8, 4) is 0 Å². The molecule has 1 amide bonds. The van der Waals surface area contributed by atoms with E-state index in [1.165, 1.54) is 56.2 Å². The maximum Gasteiger partial charge on any atom is 0.253 e. The molecule has 5 nitrogen and oxygen atoms in total. The van der Waals surface area contributed by atoms with E-state index in [2.05, 4.69) is 0 Å². The fourth-order valence-corrected chi connectivity index (χ4v) is 5.29. The Morgan fingerprint density at radius 1 is 1.10 bits per heavy atom. The summed E-state index contributed by atoms with van der Waals surface area (Å²) in [5.74, 6) is -0.535. The lowest BCUT2D eigenvalue weighted by molar-refractivity contribution is 0.0766. The van der Waals surface area contributed by atoms with Crippen molar-refractivity contribution in [2.24, 2.45) is 0 Å². The Labute approximate surface area is 173 Å². The van der Waals surface area contributed by atoms with Crippen LogP contribution in [0.2, 0.25) is 0 Å². The average Bonchev–Trinajstić information content (AvgIpc) is 2.95. The van der Waals surface area contributed by atoms with E-state index in [9.17, 15) is 22.0 Å². The Morgan fingerprint density at radius 2 is 1.79 bits per heavy atom. The molecule has 3 rings (SSSR count). The average molecular weight is 441 g/mol. The minimum atomic E-state index is -3.56. The number of carbonyl (C=O) groups excluding carboxylic acids is 1. The van der Waals surface area contributed by atoms with E-state index in [-0.39, 0.29) is 16.1 Å². The first kappa shape index (κ1) is 21.7. The molecule has 0 aromatic heterocycles. The second-order valence-electron chi connectivity index (χ2n) is 6.92. The highest BCUT2D eigenvalue weighted by atomic mass is 32.2. The predicted octanol–water partition coefficient (Wildman–Crippen LogP) is 3.54. The second kappa shape index (κ2) is 8.81. The van der Waals surface area contributed by atoms with E-state index in [4.69, 9.17) is 0 Å². The fraction of sp³-hybridized carbons (Fsp3) is 0.350. The van der Waals surface area contributed by atoms with Crippen LogP contribution in [0.3, 0.4) is 0 Å². The van der Waals surface area contributed by atoms with Crippen LogP contribution in [0.25, 0.3) is 0 Å². The zero-order chi connectivity index (χ0) is 21.2. The van der Waals surface area contributed by atoms with Crippen LogP contribution in [0.5, 0.6) is 0 Å². The third kappa shape index (κ3) is 4.79. The van der Waals surface area contributed by atoms with Crippen LogP contribution in [0.1, 0.15) is 27.6 Å². The van der Waals surface area contributed by atoms with E-state index in [0.717, 1.165) is 16.4 Å². The molecule has 1 aliphatic rings. The molecule has 1 saturated heterocycles. The zero-order valence-corrected chi connectivity index (χ0v) is 17.8. The second-order valence-corrected chi connectivity index (χ2v) is 10.4. The summed E-state index contributed by atoms with van der Waals surface area (Å²) < 4.78 is 53.0. The Bertz CT molecular complexity index is 995. The first-order valence-electron chi connectivity index (χ1n) is 9.08. The number of hydrogen-bond donors (Lipinski definition) is 0. The normalized spacial score (nSPS) is 18.0. The maximum atomic E-state index is 14.1. The van der Waals surface area contributed by atoms with E-state index in [0.29, 0.717) is 36.4 Å². The number of thioether (sulfide) groups is 1. The number of carbonyl (C=O) groups is 1. The number of amides is 1. The molecular weight excluding hydrogens is 418 g/mol. The van der Waals surface area contributed by atoms with Gasteiger partial charge in [0.2, 0.25) is 10.0 Å². The highest BCUT2D eigenvalue weighted by Gasteiger charge is 2.25. The van der Waals surface area contributed by atoms with E-state index >= 15 is 0 Å². The van der Waals surface area contributed by atoms with Gasteiger partial charge in [-0.2, -0.15) is 11.8 Å². The van der Waals surface area contributed by atoms with Gasteiger partial charge in [0.1, 0.15) is 11.6 Å². The Balaban J connectivity index is 1.72. The third-order valence-electron chi connectivity index (χ3n) is 4.81. The van der Waals surface area contributed by atoms with Gasteiger partial charge in [-0.1, -0.05) is 0 Å². The third-order valence-corrected chi connectivity index (χ3v) is 7.95. The zero-order valence-electron chi connectivity index (χ0n) is 16.1. The van der Waals surface area contributed by atoms with Crippen LogP contribution in [-0.2, 0) is 10.0 Å².